The summed E-state index contributed by atoms with van der Waals surface area (Å²) in [4.78, 5) is 22.2. The number of aromatic nitrogens is 4. The molecule has 3 aromatic heterocycles. The first-order chi connectivity index (χ1) is 21.8. The standard InChI is InChI=1S/C32H38FN9O2S/c1-19(43)13-39-15-21-5-6-22(16-39)42(21)31-37-29-26(30(38-31)44-17-32-8-2-10-41(32)11-3-9-32)36-18-40(29)14-20-4-7-24(33)27-25(20)23(12-34)28(35)45-27/h4,7,18-19,21-22,43H,2-3,5-6,8-11,13-17,35H2,1H3. The smallest absolute Gasteiger partial charge is 0.247 e. The summed E-state index contributed by atoms with van der Waals surface area (Å²) in [7, 11) is 0. The van der Waals surface area contributed by atoms with E-state index in [-0.39, 0.29) is 29.5 Å². The van der Waals surface area contributed by atoms with Gasteiger partial charge in [0.25, 0.3) is 0 Å². The molecule has 0 radical (unpaired) electrons. The number of piperazine rings is 1. The van der Waals surface area contributed by atoms with Crippen LogP contribution in [0.25, 0.3) is 21.3 Å². The number of aliphatic hydroxyl groups is 1. The van der Waals surface area contributed by atoms with Crippen LogP contribution >= 0.6 is 11.3 Å². The van der Waals surface area contributed by atoms with Crippen LogP contribution in [0, 0.1) is 17.1 Å². The van der Waals surface area contributed by atoms with Gasteiger partial charge in [-0.1, -0.05) is 6.07 Å². The Morgan fingerprint density at radius 3 is 2.67 bits per heavy atom. The molecule has 7 heterocycles. The molecule has 0 spiro atoms. The number of nitrogen functional groups attached to an aromatic ring is 1. The average Bonchev–Trinajstić information content (AvgIpc) is 3.81. The molecular formula is C32H38FN9O2S. The van der Waals surface area contributed by atoms with E-state index >= 15 is 0 Å². The first-order valence-corrected chi connectivity index (χ1v) is 16.8. The molecule has 3 atom stereocenters. The molecule has 45 heavy (non-hydrogen) atoms. The number of nitriles is 1. The minimum atomic E-state index is -0.389. The highest BCUT2D eigenvalue weighted by atomic mass is 32.1. The number of hydrogen-bond acceptors (Lipinski definition) is 11. The van der Waals surface area contributed by atoms with Gasteiger partial charge < -0.3 is 25.0 Å². The fourth-order valence-electron chi connectivity index (χ4n) is 8.42. The Labute approximate surface area is 265 Å². The minimum absolute atomic E-state index is 0.0535. The predicted molar refractivity (Wildman–Crippen MR) is 171 cm³/mol. The summed E-state index contributed by atoms with van der Waals surface area (Å²) in [5.41, 5.74) is 8.50. The molecule has 0 amide bonds. The first kappa shape index (κ1) is 28.9. The van der Waals surface area contributed by atoms with Gasteiger partial charge in [0.15, 0.2) is 11.2 Å². The maximum Gasteiger partial charge on any atom is 0.247 e. The summed E-state index contributed by atoms with van der Waals surface area (Å²) in [6.07, 6.45) is 8.07. The number of likely N-dealkylation sites (tertiary alicyclic amines) is 1. The lowest BCUT2D eigenvalue weighted by Gasteiger charge is -2.41. The molecule has 0 saturated carbocycles. The molecule has 4 aliphatic rings. The van der Waals surface area contributed by atoms with Crippen molar-refractivity contribution in [2.45, 2.75) is 75.7 Å². The molecule has 2 bridgehead atoms. The van der Waals surface area contributed by atoms with Crippen molar-refractivity contribution in [2.24, 2.45) is 0 Å². The van der Waals surface area contributed by atoms with Crippen LogP contribution in [0.2, 0.25) is 0 Å². The van der Waals surface area contributed by atoms with E-state index in [1.807, 2.05) is 11.5 Å². The number of imidazole rings is 1. The number of nitrogens with zero attached hydrogens (tertiary/aromatic N) is 8. The molecule has 4 aliphatic heterocycles. The lowest BCUT2D eigenvalue weighted by Crippen LogP contribution is -2.55. The molecule has 11 nitrogen and oxygen atoms in total. The Kier molecular flexibility index (Phi) is 7.09. The second-order valence-corrected chi connectivity index (χ2v) is 14.4. The number of nitrogens with two attached hydrogens (primary N) is 1. The van der Waals surface area contributed by atoms with Crippen LogP contribution in [-0.4, -0.2) is 97.5 Å². The number of thiophene rings is 1. The molecule has 8 rings (SSSR count). The van der Waals surface area contributed by atoms with Gasteiger partial charge in [-0.25, -0.2) is 9.37 Å². The fraction of sp³-hybridized carbons (Fsp3) is 0.562. The topological polar surface area (TPSA) is 133 Å². The summed E-state index contributed by atoms with van der Waals surface area (Å²) in [6, 6.07) is 5.81. The zero-order valence-corrected chi connectivity index (χ0v) is 26.3. The second kappa shape index (κ2) is 11.0. The third kappa shape index (κ3) is 4.81. The van der Waals surface area contributed by atoms with Crippen molar-refractivity contribution in [3.8, 4) is 11.9 Å². The van der Waals surface area contributed by atoms with Gasteiger partial charge in [0.2, 0.25) is 11.8 Å². The number of fused-ring (bicyclic) bond motifs is 5. The number of hydrogen-bond donors (Lipinski definition) is 2. The molecule has 4 saturated heterocycles. The van der Waals surface area contributed by atoms with Crippen LogP contribution in [0.3, 0.4) is 0 Å². The highest BCUT2D eigenvalue weighted by molar-refractivity contribution is 7.23. The molecule has 13 heteroatoms. The number of aliphatic hydroxyl groups excluding tert-OH is 1. The number of benzene rings is 1. The van der Waals surface area contributed by atoms with Gasteiger partial charge in [-0.3, -0.25) is 9.80 Å². The van der Waals surface area contributed by atoms with Gasteiger partial charge >= 0.3 is 0 Å². The van der Waals surface area contributed by atoms with E-state index < -0.39 is 0 Å². The molecule has 236 valence electrons. The Morgan fingerprint density at radius 2 is 1.96 bits per heavy atom. The molecule has 4 aromatic rings. The zero-order valence-electron chi connectivity index (χ0n) is 25.5. The minimum Gasteiger partial charge on any atom is -0.474 e. The first-order valence-electron chi connectivity index (χ1n) is 16.0. The summed E-state index contributed by atoms with van der Waals surface area (Å²) in [5.74, 6) is 0.743. The summed E-state index contributed by atoms with van der Waals surface area (Å²) >= 11 is 1.10. The van der Waals surface area contributed by atoms with Crippen molar-refractivity contribution in [2.75, 3.05) is 50.0 Å². The van der Waals surface area contributed by atoms with Crippen molar-refractivity contribution in [1.82, 2.24) is 29.3 Å². The number of anilines is 2. The normalized spacial score (nSPS) is 23.6. The van der Waals surface area contributed by atoms with E-state index in [2.05, 4.69) is 20.8 Å². The van der Waals surface area contributed by atoms with Gasteiger partial charge in [0.1, 0.15) is 23.5 Å². The summed E-state index contributed by atoms with van der Waals surface area (Å²) in [6.45, 7) is 7.33. The number of ether oxygens (including phenoxy) is 1. The van der Waals surface area contributed by atoms with E-state index in [0.717, 1.165) is 68.8 Å². The van der Waals surface area contributed by atoms with Crippen molar-refractivity contribution in [3.63, 3.8) is 0 Å². The predicted octanol–water partition coefficient (Wildman–Crippen LogP) is 3.72. The van der Waals surface area contributed by atoms with Crippen LogP contribution in [0.5, 0.6) is 5.88 Å². The quantitative estimate of drug-likeness (QED) is 0.297. The fourth-order valence-corrected chi connectivity index (χ4v) is 9.40. The van der Waals surface area contributed by atoms with E-state index in [1.54, 1.807) is 12.4 Å². The van der Waals surface area contributed by atoms with Crippen LogP contribution in [0.15, 0.2) is 18.5 Å². The van der Waals surface area contributed by atoms with Gasteiger partial charge in [-0.15, -0.1) is 11.3 Å². The van der Waals surface area contributed by atoms with Crippen molar-refractivity contribution < 1.29 is 14.2 Å². The van der Waals surface area contributed by atoms with Crippen LogP contribution in [0.4, 0.5) is 15.3 Å². The monoisotopic (exact) mass is 631 g/mol. The highest BCUT2D eigenvalue weighted by Crippen LogP contribution is 2.41. The lowest BCUT2D eigenvalue weighted by atomic mass is 9.95. The maximum absolute atomic E-state index is 14.8. The maximum atomic E-state index is 14.8. The number of rotatable bonds is 8. The van der Waals surface area contributed by atoms with E-state index in [1.165, 1.54) is 18.9 Å². The third-order valence-corrected chi connectivity index (χ3v) is 11.4. The van der Waals surface area contributed by atoms with Crippen molar-refractivity contribution in [1.29, 1.82) is 5.26 Å². The van der Waals surface area contributed by atoms with Crippen LogP contribution in [-0.2, 0) is 6.54 Å². The zero-order chi connectivity index (χ0) is 30.9. The number of β-amino-alcohol motifs (C(OH)–C–C–N with tert-alkyl or cyclic N) is 1. The van der Waals surface area contributed by atoms with Gasteiger partial charge in [-0.2, -0.15) is 15.2 Å². The van der Waals surface area contributed by atoms with E-state index in [9.17, 15) is 14.8 Å². The van der Waals surface area contributed by atoms with E-state index in [0.29, 0.717) is 63.3 Å². The molecule has 4 fully saturated rings. The SMILES string of the molecule is CC(O)CN1CC2CCC(C1)N2c1nc(OCC23CCCN2CCC3)c2ncn(Cc3ccc(F)c4sc(N)c(C#N)c34)c2n1. The van der Waals surface area contributed by atoms with E-state index in [4.69, 9.17) is 25.4 Å². The lowest BCUT2D eigenvalue weighted by molar-refractivity contribution is 0.109. The van der Waals surface area contributed by atoms with Crippen LogP contribution < -0.4 is 15.4 Å². The molecule has 0 aliphatic carbocycles. The van der Waals surface area contributed by atoms with Crippen molar-refractivity contribution >= 4 is 43.5 Å². The van der Waals surface area contributed by atoms with Crippen LogP contribution in [0.1, 0.15) is 56.6 Å². The summed E-state index contributed by atoms with van der Waals surface area (Å²) in [5, 5.41) is 20.7. The molecule has 3 unspecified atom stereocenters. The Morgan fingerprint density at radius 1 is 1.20 bits per heavy atom. The molecule has 1 aromatic carbocycles. The molecule has 3 N–H and O–H groups in total. The highest BCUT2D eigenvalue weighted by Gasteiger charge is 2.46. The largest absolute Gasteiger partial charge is 0.474 e. The van der Waals surface area contributed by atoms with Gasteiger partial charge in [0, 0.05) is 37.1 Å². The molecular weight excluding hydrogens is 593 g/mol. The second-order valence-electron chi connectivity index (χ2n) is 13.3. The Balaban J connectivity index is 1.19. The Bertz CT molecular complexity index is 1790. The average molecular weight is 632 g/mol. The van der Waals surface area contributed by atoms with Gasteiger partial charge in [0.05, 0.1) is 34.8 Å². The van der Waals surface area contributed by atoms with Gasteiger partial charge in [-0.05, 0) is 70.2 Å². The summed E-state index contributed by atoms with van der Waals surface area (Å²) < 4.78 is 23.8. The Hall–Kier alpha value is -3.57. The van der Waals surface area contributed by atoms with Crippen molar-refractivity contribution in [3.05, 3.63) is 35.4 Å². The number of halogens is 1. The third-order valence-electron chi connectivity index (χ3n) is 10.4.